The molecule has 2 aromatic rings. The average molecular weight is 404 g/mol. The summed E-state index contributed by atoms with van der Waals surface area (Å²) in [6, 6.07) is 4.19. The first kappa shape index (κ1) is 19.4. The number of aryl methyl sites for hydroxylation is 2. The zero-order valence-electron chi connectivity index (χ0n) is 15.1. The van der Waals surface area contributed by atoms with Crippen LogP contribution in [-0.4, -0.2) is 41.3 Å². The van der Waals surface area contributed by atoms with Gasteiger partial charge >= 0.3 is 5.97 Å². The molecule has 0 bridgehead atoms. The third-order valence-electron chi connectivity index (χ3n) is 4.19. The summed E-state index contributed by atoms with van der Waals surface area (Å²) in [5, 5.41) is 13.7. The summed E-state index contributed by atoms with van der Waals surface area (Å²) in [4.78, 5) is 52.5. The molecule has 1 aliphatic rings. The number of hydrogen-bond acceptors (Lipinski definition) is 8. The van der Waals surface area contributed by atoms with Crippen LogP contribution >= 0.6 is 11.3 Å². The van der Waals surface area contributed by atoms with Crippen LogP contribution in [0.1, 0.15) is 27.3 Å². The Kier molecular flexibility index (Phi) is 5.36. The Morgan fingerprint density at radius 2 is 2.14 bits per heavy atom. The first-order chi connectivity index (χ1) is 13.3. The number of benzene rings is 1. The summed E-state index contributed by atoms with van der Waals surface area (Å²) >= 11 is 0.978. The Hall–Kier alpha value is -3.34. The summed E-state index contributed by atoms with van der Waals surface area (Å²) in [5.41, 5.74) is 1.48. The Morgan fingerprint density at radius 3 is 2.82 bits per heavy atom. The second-order valence-electron chi connectivity index (χ2n) is 6.02. The third kappa shape index (κ3) is 3.83. The fraction of sp³-hybridized carbons (Fsp3) is 0.294. The second-order valence-corrected chi connectivity index (χ2v) is 7.02. The van der Waals surface area contributed by atoms with Crippen molar-refractivity contribution in [1.82, 2.24) is 4.98 Å². The minimum atomic E-state index is -0.544. The summed E-state index contributed by atoms with van der Waals surface area (Å²) in [6.07, 6.45) is 0.534. The second kappa shape index (κ2) is 7.72. The molecule has 0 radical (unpaired) electrons. The average Bonchev–Trinajstić information content (AvgIpc) is 3.02. The predicted molar refractivity (Wildman–Crippen MR) is 101 cm³/mol. The van der Waals surface area contributed by atoms with Gasteiger partial charge in [-0.2, -0.15) is 0 Å². The largest absolute Gasteiger partial charge is 0.465 e. The van der Waals surface area contributed by atoms with E-state index in [-0.39, 0.29) is 34.6 Å². The number of nitro groups is 1. The van der Waals surface area contributed by atoms with E-state index in [2.05, 4.69) is 15.0 Å². The first-order valence-electron chi connectivity index (χ1n) is 8.23. The molecule has 2 amide bonds. The van der Waals surface area contributed by atoms with Crippen LogP contribution in [0.2, 0.25) is 0 Å². The molecule has 11 heteroatoms. The molecule has 10 nitrogen and oxygen atoms in total. The van der Waals surface area contributed by atoms with E-state index in [0.717, 1.165) is 11.3 Å². The van der Waals surface area contributed by atoms with E-state index in [9.17, 15) is 24.5 Å². The highest BCUT2D eigenvalue weighted by molar-refractivity contribution is 7.17. The van der Waals surface area contributed by atoms with Crippen LogP contribution in [0.25, 0.3) is 0 Å². The number of carbonyl (C=O) groups excluding carboxylic acids is 3. The molecular weight excluding hydrogens is 388 g/mol. The molecule has 3 rings (SSSR count). The normalized spacial score (nSPS) is 13.1. The lowest BCUT2D eigenvalue weighted by atomic mass is 10.0. The number of methoxy groups -OCH3 is 1. The molecule has 146 valence electrons. The van der Waals surface area contributed by atoms with Gasteiger partial charge in [0.1, 0.15) is 11.4 Å². The maximum atomic E-state index is 12.4. The van der Waals surface area contributed by atoms with Gasteiger partial charge in [-0.3, -0.25) is 19.7 Å². The molecular formula is C17H16N4O6S. The van der Waals surface area contributed by atoms with Crippen molar-refractivity contribution in [3.05, 3.63) is 44.4 Å². The molecule has 0 spiro atoms. The van der Waals surface area contributed by atoms with E-state index in [4.69, 9.17) is 0 Å². The quantitative estimate of drug-likeness (QED) is 0.458. The van der Waals surface area contributed by atoms with Crippen molar-refractivity contribution in [2.24, 2.45) is 0 Å². The Labute approximate surface area is 163 Å². The van der Waals surface area contributed by atoms with E-state index in [1.165, 1.54) is 30.2 Å². The highest BCUT2D eigenvalue weighted by Gasteiger charge is 2.28. The van der Waals surface area contributed by atoms with Gasteiger partial charge in [-0.05, 0) is 25.0 Å². The number of thiazole rings is 1. The van der Waals surface area contributed by atoms with Gasteiger partial charge in [-0.15, -0.1) is 0 Å². The minimum Gasteiger partial charge on any atom is -0.465 e. The standard InChI is InChI=1S/C17H16N4O6S/c1-9-15(16(24)27-2)28-17(18-9)19-13(22)8-20-12-5-4-11(21(25)26)7-10(12)3-6-14(20)23/h4-5,7H,3,6,8H2,1-2H3,(H,18,19,22). The van der Waals surface area contributed by atoms with Gasteiger partial charge < -0.3 is 15.0 Å². The highest BCUT2D eigenvalue weighted by atomic mass is 32.1. The lowest BCUT2D eigenvalue weighted by Crippen LogP contribution is -2.40. The third-order valence-corrected chi connectivity index (χ3v) is 5.24. The smallest absolute Gasteiger partial charge is 0.350 e. The molecule has 1 aromatic heterocycles. The highest BCUT2D eigenvalue weighted by Crippen LogP contribution is 2.31. The lowest BCUT2D eigenvalue weighted by molar-refractivity contribution is -0.384. The lowest BCUT2D eigenvalue weighted by Gasteiger charge is -2.28. The number of rotatable bonds is 5. The molecule has 0 saturated heterocycles. The predicted octanol–water partition coefficient (Wildman–Crippen LogP) is 2.06. The number of nitro benzene ring substituents is 1. The number of amides is 2. The molecule has 28 heavy (non-hydrogen) atoms. The van der Waals surface area contributed by atoms with Gasteiger partial charge in [-0.1, -0.05) is 11.3 Å². The molecule has 0 aliphatic carbocycles. The van der Waals surface area contributed by atoms with Crippen LogP contribution in [0.4, 0.5) is 16.5 Å². The fourth-order valence-electron chi connectivity index (χ4n) is 2.87. The van der Waals surface area contributed by atoms with Crippen LogP contribution in [0.3, 0.4) is 0 Å². The Balaban J connectivity index is 1.76. The van der Waals surface area contributed by atoms with Crippen LogP contribution in [0.5, 0.6) is 0 Å². The number of non-ortho nitro benzene ring substituents is 1. The van der Waals surface area contributed by atoms with Gasteiger partial charge in [-0.25, -0.2) is 9.78 Å². The molecule has 0 fully saturated rings. The topological polar surface area (TPSA) is 132 Å². The van der Waals surface area contributed by atoms with Crippen molar-refractivity contribution in [2.75, 3.05) is 23.9 Å². The SMILES string of the molecule is COC(=O)c1sc(NC(=O)CN2C(=O)CCc3cc([N+](=O)[O-])ccc32)nc1C. The van der Waals surface area contributed by atoms with E-state index in [1.54, 1.807) is 6.92 Å². The van der Waals surface area contributed by atoms with E-state index >= 15 is 0 Å². The number of esters is 1. The zero-order chi connectivity index (χ0) is 20.4. The molecule has 0 unspecified atom stereocenters. The monoisotopic (exact) mass is 404 g/mol. The van der Waals surface area contributed by atoms with Crippen molar-refractivity contribution in [3.8, 4) is 0 Å². The van der Waals surface area contributed by atoms with E-state index < -0.39 is 16.8 Å². The van der Waals surface area contributed by atoms with Gasteiger partial charge in [0.25, 0.3) is 5.69 Å². The van der Waals surface area contributed by atoms with Crippen LogP contribution < -0.4 is 10.2 Å². The van der Waals surface area contributed by atoms with Gasteiger partial charge in [0, 0.05) is 24.2 Å². The summed E-state index contributed by atoms with van der Waals surface area (Å²) in [7, 11) is 1.25. The van der Waals surface area contributed by atoms with Crippen LogP contribution in [0.15, 0.2) is 18.2 Å². The summed E-state index contributed by atoms with van der Waals surface area (Å²) in [5.74, 6) is -1.29. The van der Waals surface area contributed by atoms with Crippen molar-refractivity contribution in [2.45, 2.75) is 19.8 Å². The van der Waals surface area contributed by atoms with Crippen LogP contribution in [-0.2, 0) is 20.7 Å². The molecule has 2 heterocycles. The van der Waals surface area contributed by atoms with Gasteiger partial charge in [0.15, 0.2) is 5.13 Å². The maximum Gasteiger partial charge on any atom is 0.350 e. The number of fused-ring (bicyclic) bond motifs is 1. The van der Waals surface area contributed by atoms with Crippen molar-refractivity contribution >= 4 is 45.6 Å². The van der Waals surface area contributed by atoms with Crippen LogP contribution in [0, 0.1) is 17.0 Å². The van der Waals surface area contributed by atoms with Gasteiger partial charge in [0.2, 0.25) is 11.8 Å². The maximum absolute atomic E-state index is 12.4. The Morgan fingerprint density at radius 1 is 1.39 bits per heavy atom. The van der Waals surface area contributed by atoms with Crippen molar-refractivity contribution in [1.29, 1.82) is 0 Å². The molecule has 1 aromatic carbocycles. The number of anilines is 2. The minimum absolute atomic E-state index is 0.0638. The van der Waals surface area contributed by atoms with Gasteiger partial charge in [0.05, 0.1) is 17.7 Å². The summed E-state index contributed by atoms with van der Waals surface area (Å²) < 4.78 is 4.65. The van der Waals surface area contributed by atoms with Crippen molar-refractivity contribution in [3.63, 3.8) is 0 Å². The van der Waals surface area contributed by atoms with E-state index in [1.807, 2.05) is 0 Å². The Bertz CT molecular complexity index is 986. The number of aromatic nitrogens is 1. The zero-order valence-corrected chi connectivity index (χ0v) is 15.9. The fourth-order valence-corrected chi connectivity index (χ4v) is 3.77. The number of carbonyl (C=O) groups is 3. The molecule has 0 saturated carbocycles. The number of hydrogen-bond donors (Lipinski definition) is 1. The molecule has 1 N–H and O–H groups in total. The number of ether oxygens (including phenoxy) is 1. The number of nitrogens with one attached hydrogen (secondary N) is 1. The summed E-state index contributed by atoms with van der Waals surface area (Å²) in [6.45, 7) is 1.35. The molecule has 1 aliphatic heterocycles. The molecule has 0 atom stereocenters. The first-order valence-corrected chi connectivity index (χ1v) is 9.05. The number of nitrogens with zero attached hydrogens (tertiary/aromatic N) is 3. The van der Waals surface area contributed by atoms with E-state index in [0.29, 0.717) is 23.4 Å². The van der Waals surface area contributed by atoms with Crippen molar-refractivity contribution < 1.29 is 24.0 Å².